The average Bonchev–Trinajstić information content (AvgIpc) is 3.97. The monoisotopic (exact) mass is 1080 g/mol. The molecule has 12 rings (SSSR count). The average molecular weight is 1080 g/mol. The maximum absolute atomic E-state index is 5.12. The van der Waals surface area contributed by atoms with E-state index in [1.54, 1.807) is 0 Å². The quantitative estimate of drug-likeness (QED) is 0.135. The van der Waals surface area contributed by atoms with Gasteiger partial charge in [-0.3, -0.25) is 0 Å². The molecule has 0 amide bonds. The van der Waals surface area contributed by atoms with Crippen molar-refractivity contribution in [2.24, 2.45) is 0 Å². The summed E-state index contributed by atoms with van der Waals surface area (Å²) in [5, 5.41) is 2.23. The van der Waals surface area contributed by atoms with Gasteiger partial charge in [0.15, 0.2) is 0 Å². The fraction of sp³-hybridized carbons (Fsp3) is 0.0781. The molecule has 0 bridgehead atoms. The number of anilines is 6. The van der Waals surface area contributed by atoms with E-state index in [-0.39, 0.29) is 26.6 Å². The summed E-state index contributed by atoms with van der Waals surface area (Å²) in [5.41, 5.74) is 17.1. The normalized spacial score (nSPS) is 12.3. The van der Waals surface area contributed by atoms with E-state index >= 15 is 0 Å². The minimum absolute atomic E-state index is 0. The van der Waals surface area contributed by atoms with Gasteiger partial charge in [0.1, 0.15) is 5.82 Å². The molecule has 0 saturated carbocycles. The van der Waals surface area contributed by atoms with Crippen molar-refractivity contribution in [2.45, 2.75) is 26.3 Å². The van der Waals surface area contributed by atoms with Crippen LogP contribution >= 0.6 is 0 Å². The van der Waals surface area contributed by atoms with Crippen LogP contribution < -0.4 is 14.7 Å². The molecule has 0 aliphatic carbocycles. The van der Waals surface area contributed by atoms with E-state index in [9.17, 15) is 0 Å². The smallest absolute Gasteiger partial charge is 0.357 e. The van der Waals surface area contributed by atoms with E-state index in [0.717, 1.165) is 83.8 Å². The van der Waals surface area contributed by atoms with Crippen LogP contribution in [0.3, 0.4) is 0 Å². The molecule has 5 nitrogen and oxygen atoms in total. The Morgan fingerprint density at radius 3 is 1.69 bits per heavy atom. The first-order valence-electron chi connectivity index (χ1n) is 23.7. The van der Waals surface area contributed by atoms with Crippen molar-refractivity contribution in [3.8, 4) is 50.3 Å². The summed E-state index contributed by atoms with van der Waals surface area (Å²) < 4.78 is 2.28. The molecule has 0 unspecified atom stereocenters. The van der Waals surface area contributed by atoms with E-state index in [2.05, 4.69) is 277 Å². The number of para-hydroxylation sites is 4. The number of nitrogens with zero attached hydrogens (tertiary/aromatic N) is 5. The SMILES string of the molecule is CC(C)(C)N1CN(c2[c-]c(N(c3[c-]c4c(cc3)c3ccccc3n4-c3cc(-c4ccccc4-c4ccccc4)ccn3)c3c(-c4ccccc4)cccc3-c3ccccc3)ccc2)c2ccccc21.[Pt+2]. The molecule has 0 spiro atoms. The first-order valence-corrected chi connectivity index (χ1v) is 23.7. The van der Waals surface area contributed by atoms with Gasteiger partial charge in [0.05, 0.1) is 23.7 Å². The van der Waals surface area contributed by atoms with Crippen molar-refractivity contribution >= 4 is 55.9 Å². The van der Waals surface area contributed by atoms with Gasteiger partial charge in [-0.25, -0.2) is 4.98 Å². The van der Waals surface area contributed by atoms with E-state index in [4.69, 9.17) is 4.98 Å². The summed E-state index contributed by atoms with van der Waals surface area (Å²) in [6.45, 7) is 7.54. The molecule has 340 valence electrons. The maximum atomic E-state index is 5.12. The molecule has 1 aliphatic heterocycles. The Morgan fingerprint density at radius 1 is 0.471 bits per heavy atom. The molecular weight excluding hydrogens is 1030 g/mol. The molecular formula is C64H49N5Pt. The van der Waals surface area contributed by atoms with Gasteiger partial charge in [-0.05, 0) is 89.9 Å². The first-order chi connectivity index (χ1) is 33.9. The van der Waals surface area contributed by atoms with Crippen molar-refractivity contribution < 1.29 is 21.1 Å². The van der Waals surface area contributed by atoms with Gasteiger partial charge in [-0.15, -0.1) is 35.7 Å². The number of fused-ring (bicyclic) bond motifs is 4. The van der Waals surface area contributed by atoms with E-state index in [0.29, 0.717) is 6.67 Å². The summed E-state index contributed by atoms with van der Waals surface area (Å²) in [6, 6.07) is 88.1. The summed E-state index contributed by atoms with van der Waals surface area (Å²) >= 11 is 0. The van der Waals surface area contributed by atoms with Crippen molar-refractivity contribution in [2.75, 3.05) is 21.4 Å². The minimum atomic E-state index is -0.0871. The molecule has 0 radical (unpaired) electrons. The topological polar surface area (TPSA) is 27.5 Å². The Hall–Kier alpha value is -7.98. The predicted molar refractivity (Wildman–Crippen MR) is 288 cm³/mol. The van der Waals surface area contributed by atoms with Crippen molar-refractivity contribution in [3.05, 3.63) is 243 Å². The molecule has 0 N–H and O–H groups in total. The number of hydrogen-bond acceptors (Lipinski definition) is 4. The minimum Gasteiger partial charge on any atom is -0.357 e. The molecule has 70 heavy (non-hydrogen) atoms. The molecule has 3 heterocycles. The molecule has 0 saturated heterocycles. The van der Waals surface area contributed by atoms with Crippen LogP contribution in [0, 0.1) is 12.1 Å². The van der Waals surface area contributed by atoms with Gasteiger partial charge in [0, 0.05) is 28.4 Å². The maximum Gasteiger partial charge on any atom is 2.00 e. The zero-order valence-electron chi connectivity index (χ0n) is 39.2. The van der Waals surface area contributed by atoms with Gasteiger partial charge in [-0.2, -0.15) is 12.1 Å². The number of rotatable bonds is 9. The number of benzene rings is 9. The van der Waals surface area contributed by atoms with Crippen molar-refractivity contribution in [1.29, 1.82) is 0 Å². The number of hydrogen-bond donors (Lipinski definition) is 0. The third-order valence-electron chi connectivity index (χ3n) is 13.4. The zero-order valence-corrected chi connectivity index (χ0v) is 41.5. The molecule has 1 aliphatic rings. The largest absolute Gasteiger partial charge is 2.00 e. The van der Waals surface area contributed by atoms with Crippen LogP contribution in [0.4, 0.5) is 34.1 Å². The van der Waals surface area contributed by atoms with Crippen LogP contribution in [-0.2, 0) is 21.1 Å². The van der Waals surface area contributed by atoms with Gasteiger partial charge in [-0.1, -0.05) is 186 Å². The molecule has 9 aromatic carbocycles. The summed E-state index contributed by atoms with van der Waals surface area (Å²) in [6.07, 6.45) is 1.93. The van der Waals surface area contributed by atoms with E-state index < -0.39 is 0 Å². The van der Waals surface area contributed by atoms with Crippen molar-refractivity contribution in [1.82, 2.24) is 9.55 Å². The molecule has 2 aromatic heterocycles. The standard InChI is InChI=1S/C64H49N5.Pt/c1-64(2,3)67-44-66(59-35-17-18-36-60(59)67)49-27-19-28-50(42-49)68(63-54(46-23-9-5-10-24-46)32-20-33-55(63)47-25-11-6-12-26-47)51-37-38-57-56-31-15-16-34-58(56)69(61(57)43-51)62-41-48(39-40-65-62)53-30-14-13-29-52(53)45-21-7-4-8-22-45;/h4-41H,44H2,1-3H3;/q-2;+2. The van der Waals surface area contributed by atoms with Crippen molar-refractivity contribution in [3.63, 3.8) is 0 Å². The molecule has 11 aromatic rings. The molecule has 6 heteroatoms. The second kappa shape index (κ2) is 18.5. The molecule has 0 atom stereocenters. The third kappa shape index (κ3) is 7.96. The summed E-state index contributed by atoms with van der Waals surface area (Å²) in [7, 11) is 0. The summed E-state index contributed by atoms with van der Waals surface area (Å²) in [5.74, 6) is 0.820. The second-order valence-electron chi connectivity index (χ2n) is 18.6. The Morgan fingerprint density at radius 2 is 1.01 bits per heavy atom. The fourth-order valence-corrected chi connectivity index (χ4v) is 10.1. The van der Waals surface area contributed by atoms with Crippen LogP contribution in [0.1, 0.15) is 20.8 Å². The number of aromatic nitrogens is 2. The summed E-state index contributed by atoms with van der Waals surface area (Å²) in [4.78, 5) is 12.4. The van der Waals surface area contributed by atoms with Gasteiger partial charge >= 0.3 is 21.1 Å². The van der Waals surface area contributed by atoms with E-state index in [1.165, 1.54) is 22.5 Å². The first kappa shape index (κ1) is 44.5. The second-order valence-corrected chi connectivity index (χ2v) is 18.6. The van der Waals surface area contributed by atoms with Gasteiger partial charge < -0.3 is 19.3 Å². The van der Waals surface area contributed by atoms with Crippen LogP contribution in [0.5, 0.6) is 0 Å². The Labute approximate surface area is 424 Å². The predicted octanol–water partition coefficient (Wildman–Crippen LogP) is 16.6. The van der Waals surface area contributed by atoms with Crippen LogP contribution in [-0.4, -0.2) is 21.8 Å². The van der Waals surface area contributed by atoms with Gasteiger partial charge in [0.2, 0.25) is 0 Å². The Kier molecular flexibility index (Phi) is 11.8. The van der Waals surface area contributed by atoms with Crippen LogP contribution in [0.15, 0.2) is 231 Å². The Balaban J connectivity index is 0.00000533. The van der Waals surface area contributed by atoms with Gasteiger partial charge in [0.25, 0.3) is 0 Å². The van der Waals surface area contributed by atoms with Crippen LogP contribution in [0.2, 0.25) is 0 Å². The van der Waals surface area contributed by atoms with Crippen LogP contribution in [0.25, 0.3) is 72.1 Å². The molecule has 0 fully saturated rings. The zero-order chi connectivity index (χ0) is 46.5. The third-order valence-corrected chi connectivity index (χ3v) is 13.4. The number of pyridine rings is 1. The fourth-order valence-electron chi connectivity index (χ4n) is 10.1. The van der Waals surface area contributed by atoms with E-state index in [1.807, 2.05) is 6.20 Å². The Bertz CT molecular complexity index is 3600.